The second-order valence-electron chi connectivity index (χ2n) is 5.69. The van der Waals surface area contributed by atoms with Crippen molar-refractivity contribution in [2.45, 2.75) is 76.7 Å². The van der Waals surface area contributed by atoms with Gasteiger partial charge in [-0.05, 0) is 45.6 Å². The van der Waals surface area contributed by atoms with E-state index in [-0.39, 0.29) is 0 Å². The maximum atomic E-state index is 6.03. The summed E-state index contributed by atoms with van der Waals surface area (Å²) in [7, 11) is 0. The van der Waals surface area contributed by atoms with Gasteiger partial charge in [0.25, 0.3) is 0 Å². The van der Waals surface area contributed by atoms with Crippen LogP contribution in [0.25, 0.3) is 0 Å². The van der Waals surface area contributed by atoms with Gasteiger partial charge < -0.3 is 10.5 Å². The van der Waals surface area contributed by atoms with Crippen molar-refractivity contribution in [1.29, 1.82) is 0 Å². The number of unbranched alkanes of at least 4 members (excludes halogenated alkanes) is 1. The lowest BCUT2D eigenvalue weighted by molar-refractivity contribution is -0.00741. The molecule has 0 amide bonds. The van der Waals surface area contributed by atoms with Gasteiger partial charge in [-0.15, -0.1) is 0 Å². The third-order valence-electron chi connectivity index (χ3n) is 4.15. The van der Waals surface area contributed by atoms with Gasteiger partial charge in [0.05, 0.1) is 12.2 Å². The fourth-order valence-electron chi connectivity index (χ4n) is 2.98. The number of nitrogens with two attached hydrogens (primary N) is 1. The Morgan fingerprint density at radius 3 is 2.53 bits per heavy atom. The normalized spacial score (nSPS) is 31.1. The Hall–Kier alpha value is -0.120. The maximum absolute atomic E-state index is 6.03. The van der Waals surface area contributed by atoms with E-state index in [0.717, 1.165) is 12.6 Å². The summed E-state index contributed by atoms with van der Waals surface area (Å²) in [5.41, 5.74) is 6.01. The Morgan fingerprint density at radius 2 is 2.06 bits per heavy atom. The van der Waals surface area contributed by atoms with Crippen molar-refractivity contribution < 1.29 is 4.74 Å². The Bertz CT molecular complexity index is 230. The summed E-state index contributed by atoms with van der Waals surface area (Å²) < 4.78 is 6.03. The van der Waals surface area contributed by atoms with E-state index in [1.165, 1.54) is 45.1 Å². The first kappa shape index (κ1) is 13.3. The Labute approximate surface area is 106 Å². The molecule has 3 heteroatoms. The second-order valence-corrected chi connectivity index (χ2v) is 5.69. The molecule has 3 unspecified atom stereocenters. The predicted octanol–water partition coefficient (Wildman–Crippen LogP) is 2.15. The topological polar surface area (TPSA) is 38.5 Å². The van der Waals surface area contributed by atoms with Crippen molar-refractivity contribution in [3.8, 4) is 0 Å². The van der Waals surface area contributed by atoms with Gasteiger partial charge in [-0.1, -0.05) is 13.3 Å². The molecule has 1 saturated heterocycles. The lowest BCUT2D eigenvalue weighted by atomic mass is 10.0. The highest BCUT2D eigenvalue weighted by atomic mass is 16.5. The predicted molar refractivity (Wildman–Crippen MR) is 71.0 cm³/mol. The van der Waals surface area contributed by atoms with Gasteiger partial charge in [0.1, 0.15) is 0 Å². The summed E-state index contributed by atoms with van der Waals surface area (Å²) in [6.07, 6.45) is 8.49. The average Bonchev–Trinajstić information content (AvgIpc) is 3.08. The van der Waals surface area contributed by atoms with Crippen molar-refractivity contribution in [1.82, 2.24) is 4.90 Å². The monoisotopic (exact) mass is 240 g/mol. The van der Waals surface area contributed by atoms with E-state index in [1.54, 1.807) is 0 Å². The zero-order chi connectivity index (χ0) is 12.3. The van der Waals surface area contributed by atoms with E-state index >= 15 is 0 Å². The van der Waals surface area contributed by atoms with Crippen LogP contribution in [0.5, 0.6) is 0 Å². The Kier molecular flexibility index (Phi) is 4.83. The van der Waals surface area contributed by atoms with E-state index in [2.05, 4.69) is 18.7 Å². The maximum Gasteiger partial charge on any atom is 0.0747 e. The summed E-state index contributed by atoms with van der Waals surface area (Å²) in [6.45, 7) is 6.40. The molecule has 1 aliphatic carbocycles. The van der Waals surface area contributed by atoms with Crippen molar-refractivity contribution in [2.75, 3.05) is 13.1 Å². The summed E-state index contributed by atoms with van der Waals surface area (Å²) in [4.78, 5) is 2.65. The van der Waals surface area contributed by atoms with E-state index < -0.39 is 0 Å². The van der Waals surface area contributed by atoms with Crippen LogP contribution in [0.4, 0.5) is 0 Å². The molecular formula is C14H28N2O. The first-order valence-electron chi connectivity index (χ1n) is 7.37. The summed E-state index contributed by atoms with van der Waals surface area (Å²) in [5, 5.41) is 0. The quantitative estimate of drug-likeness (QED) is 0.741. The van der Waals surface area contributed by atoms with E-state index in [4.69, 9.17) is 10.5 Å². The van der Waals surface area contributed by atoms with Crippen LogP contribution in [0.1, 0.15) is 52.4 Å². The molecule has 100 valence electrons. The molecule has 1 heterocycles. The molecule has 0 aromatic rings. The zero-order valence-electron chi connectivity index (χ0n) is 11.4. The molecule has 17 heavy (non-hydrogen) atoms. The number of hydrogen-bond acceptors (Lipinski definition) is 3. The van der Waals surface area contributed by atoms with Gasteiger partial charge >= 0.3 is 0 Å². The Morgan fingerprint density at radius 1 is 1.29 bits per heavy atom. The van der Waals surface area contributed by atoms with Gasteiger partial charge in [0.15, 0.2) is 0 Å². The van der Waals surface area contributed by atoms with Gasteiger partial charge in [-0.25, -0.2) is 0 Å². The average molecular weight is 240 g/mol. The van der Waals surface area contributed by atoms with Gasteiger partial charge in [-0.2, -0.15) is 0 Å². The molecule has 2 N–H and O–H groups in total. The lowest BCUT2D eigenvalue weighted by Gasteiger charge is -2.34. The minimum atomic E-state index is 0.382. The number of rotatable bonds is 7. The molecule has 3 nitrogen and oxygen atoms in total. The molecule has 1 saturated carbocycles. The van der Waals surface area contributed by atoms with Crippen molar-refractivity contribution in [3.05, 3.63) is 0 Å². The number of ether oxygens (including phenoxy) is 1. The fourth-order valence-corrected chi connectivity index (χ4v) is 2.98. The first-order valence-corrected chi connectivity index (χ1v) is 7.37. The minimum absolute atomic E-state index is 0.382. The highest BCUT2D eigenvalue weighted by Gasteiger charge is 2.39. The molecule has 0 spiro atoms. The van der Waals surface area contributed by atoms with Crippen LogP contribution in [-0.4, -0.2) is 42.3 Å². The molecule has 2 rings (SSSR count). The highest BCUT2D eigenvalue weighted by molar-refractivity contribution is 4.94. The largest absolute Gasteiger partial charge is 0.374 e. The van der Waals surface area contributed by atoms with E-state index in [0.29, 0.717) is 18.2 Å². The van der Waals surface area contributed by atoms with Gasteiger partial charge in [-0.3, -0.25) is 4.90 Å². The molecule has 1 aliphatic heterocycles. The molecule has 0 aromatic heterocycles. The summed E-state index contributed by atoms with van der Waals surface area (Å²) in [6, 6.07) is 1.26. The van der Waals surface area contributed by atoms with Crippen LogP contribution in [0.3, 0.4) is 0 Å². The van der Waals surface area contributed by atoms with Gasteiger partial charge in [0.2, 0.25) is 0 Å². The van der Waals surface area contributed by atoms with E-state index in [1.807, 2.05) is 0 Å². The molecule has 0 radical (unpaired) electrons. The fraction of sp³-hybridized carbons (Fsp3) is 1.00. The SMILES string of the molecule is CCCCN(C1CC1)C(CN)C1CCC(C)O1. The second kappa shape index (κ2) is 6.17. The van der Waals surface area contributed by atoms with Gasteiger partial charge in [0, 0.05) is 18.6 Å². The molecule has 0 aromatic carbocycles. The molecule has 2 fully saturated rings. The molecule has 2 aliphatic rings. The smallest absolute Gasteiger partial charge is 0.0747 e. The van der Waals surface area contributed by atoms with Crippen LogP contribution >= 0.6 is 0 Å². The Balaban J connectivity index is 1.93. The molecule has 3 atom stereocenters. The molecule has 0 bridgehead atoms. The number of hydrogen-bond donors (Lipinski definition) is 1. The highest BCUT2D eigenvalue weighted by Crippen LogP contribution is 2.33. The zero-order valence-corrected chi connectivity index (χ0v) is 11.4. The summed E-state index contributed by atoms with van der Waals surface area (Å²) in [5.74, 6) is 0. The van der Waals surface area contributed by atoms with Crippen LogP contribution in [0.15, 0.2) is 0 Å². The lowest BCUT2D eigenvalue weighted by Crippen LogP contribution is -2.49. The van der Waals surface area contributed by atoms with Crippen LogP contribution in [0, 0.1) is 0 Å². The van der Waals surface area contributed by atoms with Crippen molar-refractivity contribution in [3.63, 3.8) is 0 Å². The van der Waals surface area contributed by atoms with E-state index in [9.17, 15) is 0 Å². The first-order chi connectivity index (χ1) is 8.26. The van der Waals surface area contributed by atoms with Crippen LogP contribution in [-0.2, 0) is 4.74 Å². The van der Waals surface area contributed by atoms with Crippen molar-refractivity contribution in [2.24, 2.45) is 5.73 Å². The molecular weight excluding hydrogens is 212 g/mol. The summed E-state index contributed by atoms with van der Waals surface area (Å²) >= 11 is 0. The third kappa shape index (κ3) is 3.43. The third-order valence-corrected chi connectivity index (χ3v) is 4.15. The van der Waals surface area contributed by atoms with Crippen LogP contribution < -0.4 is 5.73 Å². The standard InChI is InChI=1S/C14H28N2O/c1-3-4-9-16(12-6-7-12)13(10-15)14-8-5-11(2)17-14/h11-14H,3-10,15H2,1-2H3. The van der Waals surface area contributed by atoms with Crippen molar-refractivity contribution >= 4 is 0 Å². The van der Waals surface area contributed by atoms with Crippen LogP contribution in [0.2, 0.25) is 0 Å². The number of nitrogens with zero attached hydrogens (tertiary/aromatic N) is 1. The minimum Gasteiger partial charge on any atom is -0.374 e.